The monoisotopic (exact) mass is 258 g/mol. The minimum absolute atomic E-state index is 0.101. The lowest BCUT2D eigenvalue weighted by Crippen LogP contribution is -2.46. The van der Waals surface area contributed by atoms with Gasteiger partial charge in [-0.2, -0.15) is 0 Å². The largest absolute Gasteiger partial charge is 0.329 e. The van der Waals surface area contributed by atoms with Gasteiger partial charge in [0.05, 0.1) is 0 Å². The maximum absolute atomic E-state index is 13.4. The Bertz CT molecular complexity index is 391. The SMILES string of the molecule is Cc1cc(Cl)c(CCNC(C)(C)CN)cc1F. The van der Waals surface area contributed by atoms with Crippen molar-refractivity contribution in [1.82, 2.24) is 5.32 Å². The van der Waals surface area contributed by atoms with Crippen LogP contribution in [0.25, 0.3) is 0 Å². The van der Waals surface area contributed by atoms with Crippen molar-refractivity contribution in [2.45, 2.75) is 32.7 Å². The standard InChI is InChI=1S/C13H20ClFN2/c1-9-6-11(14)10(7-12(9)15)4-5-17-13(2,3)8-16/h6-7,17H,4-5,8,16H2,1-3H3. The Labute approximate surface area is 107 Å². The van der Waals surface area contributed by atoms with E-state index in [9.17, 15) is 4.39 Å². The quantitative estimate of drug-likeness (QED) is 0.852. The average Bonchev–Trinajstić information content (AvgIpc) is 2.25. The Morgan fingerprint density at radius 2 is 2.06 bits per heavy atom. The van der Waals surface area contributed by atoms with Crippen LogP contribution in [0.3, 0.4) is 0 Å². The van der Waals surface area contributed by atoms with Gasteiger partial charge in [0.2, 0.25) is 0 Å². The van der Waals surface area contributed by atoms with E-state index in [-0.39, 0.29) is 11.4 Å². The second-order valence-electron chi connectivity index (χ2n) is 4.96. The van der Waals surface area contributed by atoms with Crippen LogP contribution in [0.2, 0.25) is 5.02 Å². The van der Waals surface area contributed by atoms with Crippen molar-refractivity contribution in [3.8, 4) is 0 Å². The van der Waals surface area contributed by atoms with Crippen LogP contribution in [0.1, 0.15) is 25.0 Å². The molecule has 0 aliphatic carbocycles. The highest BCUT2D eigenvalue weighted by Gasteiger charge is 2.14. The van der Waals surface area contributed by atoms with E-state index in [0.717, 1.165) is 12.1 Å². The average molecular weight is 259 g/mol. The van der Waals surface area contributed by atoms with Gasteiger partial charge >= 0.3 is 0 Å². The van der Waals surface area contributed by atoms with Crippen LogP contribution in [-0.4, -0.2) is 18.6 Å². The van der Waals surface area contributed by atoms with Gasteiger partial charge in [-0.15, -0.1) is 0 Å². The number of nitrogens with two attached hydrogens (primary N) is 1. The van der Waals surface area contributed by atoms with Crippen LogP contribution in [0.5, 0.6) is 0 Å². The van der Waals surface area contributed by atoms with E-state index in [1.54, 1.807) is 13.0 Å². The first kappa shape index (κ1) is 14.4. The second-order valence-corrected chi connectivity index (χ2v) is 5.36. The molecule has 2 nitrogen and oxygen atoms in total. The van der Waals surface area contributed by atoms with E-state index < -0.39 is 0 Å². The van der Waals surface area contributed by atoms with E-state index in [1.165, 1.54) is 6.07 Å². The molecule has 0 aliphatic heterocycles. The zero-order valence-corrected chi connectivity index (χ0v) is 11.4. The normalized spacial score (nSPS) is 11.9. The number of hydrogen-bond acceptors (Lipinski definition) is 2. The molecule has 3 N–H and O–H groups in total. The molecule has 4 heteroatoms. The Morgan fingerprint density at radius 1 is 1.41 bits per heavy atom. The van der Waals surface area contributed by atoms with Gasteiger partial charge in [0.15, 0.2) is 0 Å². The predicted molar refractivity (Wildman–Crippen MR) is 71.0 cm³/mol. The molecule has 0 saturated heterocycles. The van der Waals surface area contributed by atoms with Crippen molar-refractivity contribution in [2.24, 2.45) is 5.73 Å². The third-order valence-electron chi connectivity index (χ3n) is 2.84. The van der Waals surface area contributed by atoms with Crippen molar-refractivity contribution in [1.29, 1.82) is 0 Å². The van der Waals surface area contributed by atoms with E-state index in [4.69, 9.17) is 17.3 Å². The lowest BCUT2D eigenvalue weighted by molar-refractivity contribution is 0.401. The first-order valence-corrected chi connectivity index (χ1v) is 6.13. The van der Waals surface area contributed by atoms with E-state index in [2.05, 4.69) is 5.32 Å². The van der Waals surface area contributed by atoms with Crippen LogP contribution in [0, 0.1) is 12.7 Å². The van der Waals surface area contributed by atoms with Gasteiger partial charge in [-0.25, -0.2) is 4.39 Å². The number of halogens is 2. The third-order valence-corrected chi connectivity index (χ3v) is 3.19. The summed E-state index contributed by atoms with van der Waals surface area (Å²) in [6.07, 6.45) is 0.694. The molecule has 1 rings (SSSR count). The highest BCUT2D eigenvalue weighted by atomic mass is 35.5. The van der Waals surface area contributed by atoms with Crippen molar-refractivity contribution >= 4 is 11.6 Å². The maximum atomic E-state index is 13.4. The van der Waals surface area contributed by atoms with Gasteiger partial charge in [-0.3, -0.25) is 0 Å². The molecule has 0 saturated carbocycles. The van der Waals surface area contributed by atoms with Crippen molar-refractivity contribution in [2.75, 3.05) is 13.1 Å². The number of hydrogen-bond donors (Lipinski definition) is 2. The molecular formula is C13H20ClFN2. The summed E-state index contributed by atoms with van der Waals surface area (Å²) in [5, 5.41) is 3.93. The molecule has 0 heterocycles. The van der Waals surface area contributed by atoms with Crippen LogP contribution in [-0.2, 0) is 6.42 Å². The molecule has 0 spiro atoms. The fourth-order valence-corrected chi connectivity index (χ4v) is 1.80. The zero-order valence-electron chi connectivity index (χ0n) is 10.6. The van der Waals surface area contributed by atoms with Gasteiger partial charge in [0, 0.05) is 17.1 Å². The molecule has 0 aliphatic rings. The number of rotatable bonds is 5. The number of benzene rings is 1. The van der Waals surface area contributed by atoms with Gasteiger partial charge < -0.3 is 11.1 Å². The van der Waals surface area contributed by atoms with Gasteiger partial charge in [0.1, 0.15) is 5.82 Å². The zero-order chi connectivity index (χ0) is 13.1. The number of aryl methyl sites for hydroxylation is 1. The lowest BCUT2D eigenvalue weighted by Gasteiger charge is -2.24. The molecule has 0 fully saturated rings. The summed E-state index contributed by atoms with van der Waals surface area (Å²) >= 11 is 6.07. The van der Waals surface area contributed by atoms with E-state index in [1.807, 2.05) is 13.8 Å². The number of nitrogens with one attached hydrogen (secondary N) is 1. The summed E-state index contributed by atoms with van der Waals surface area (Å²) in [6.45, 7) is 7.06. The molecular weight excluding hydrogens is 239 g/mol. The summed E-state index contributed by atoms with van der Waals surface area (Å²) in [5.74, 6) is -0.206. The lowest BCUT2D eigenvalue weighted by atomic mass is 10.0. The summed E-state index contributed by atoms with van der Waals surface area (Å²) in [6, 6.07) is 3.18. The van der Waals surface area contributed by atoms with Crippen LogP contribution in [0.15, 0.2) is 12.1 Å². The Balaban J connectivity index is 2.61. The second kappa shape index (κ2) is 5.80. The van der Waals surface area contributed by atoms with Gasteiger partial charge in [-0.05, 0) is 57.0 Å². The van der Waals surface area contributed by atoms with Crippen LogP contribution in [0.4, 0.5) is 4.39 Å². The summed E-state index contributed by atoms with van der Waals surface area (Å²) < 4.78 is 13.4. The van der Waals surface area contributed by atoms with Gasteiger partial charge in [0.25, 0.3) is 0 Å². The molecule has 96 valence electrons. The molecule has 0 amide bonds. The predicted octanol–water partition coefficient (Wildman–Crippen LogP) is 2.66. The van der Waals surface area contributed by atoms with E-state index >= 15 is 0 Å². The fraction of sp³-hybridized carbons (Fsp3) is 0.538. The Morgan fingerprint density at radius 3 is 2.65 bits per heavy atom. The summed E-state index contributed by atoms with van der Waals surface area (Å²) in [5.41, 5.74) is 6.92. The molecule has 1 aromatic rings. The first-order chi connectivity index (χ1) is 7.85. The highest BCUT2D eigenvalue weighted by molar-refractivity contribution is 6.31. The first-order valence-electron chi connectivity index (χ1n) is 5.75. The molecule has 0 aromatic heterocycles. The molecule has 0 atom stereocenters. The van der Waals surface area contributed by atoms with Crippen molar-refractivity contribution in [3.63, 3.8) is 0 Å². The molecule has 1 aromatic carbocycles. The molecule has 0 bridgehead atoms. The topological polar surface area (TPSA) is 38.0 Å². The summed E-state index contributed by atoms with van der Waals surface area (Å²) in [7, 11) is 0. The van der Waals surface area contributed by atoms with E-state index in [0.29, 0.717) is 23.6 Å². The molecule has 0 radical (unpaired) electrons. The van der Waals surface area contributed by atoms with Crippen molar-refractivity contribution < 1.29 is 4.39 Å². The molecule has 0 unspecified atom stereocenters. The Hall–Kier alpha value is -0.640. The van der Waals surface area contributed by atoms with Crippen LogP contribution >= 0.6 is 11.6 Å². The smallest absolute Gasteiger partial charge is 0.126 e. The molecule has 17 heavy (non-hydrogen) atoms. The fourth-order valence-electron chi connectivity index (χ4n) is 1.49. The minimum atomic E-state index is -0.206. The van der Waals surface area contributed by atoms with Crippen LogP contribution < -0.4 is 11.1 Å². The van der Waals surface area contributed by atoms with Gasteiger partial charge in [-0.1, -0.05) is 11.6 Å². The maximum Gasteiger partial charge on any atom is 0.126 e. The Kier molecular flexibility index (Phi) is 4.92. The highest BCUT2D eigenvalue weighted by Crippen LogP contribution is 2.20. The minimum Gasteiger partial charge on any atom is -0.329 e. The summed E-state index contributed by atoms with van der Waals surface area (Å²) in [4.78, 5) is 0. The van der Waals surface area contributed by atoms with Crippen molar-refractivity contribution in [3.05, 3.63) is 34.1 Å². The third kappa shape index (κ3) is 4.26.